The number of esters is 1. The fourth-order valence-electron chi connectivity index (χ4n) is 3.87. The van der Waals surface area contributed by atoms with Gasteiger partial charge in [0, 0.05) is 19.1 Å². The molecule has 8 heteroatoms. The van der Waals surface area contributed by atoms with Crippen molar-refractivity contribution >= 4 is 12.0 Å². The SMILES string of the molecule is COCOc1cc(OC)cc2c1C(=O)O[C@@H](C)[C@H](C)/C=C\C(O)C1OC(C)(C)O[C@H]1CC=C2. The van der Waals surface area contributed by atoms with E-state index in [1.807, 2.05) is 32.9 Å². The zero-order valence-electron chi connectivity index (χ0n) is 20.1. The molecular formula is C25H34O8. The van der Waals surface area contributed by atoms with E-state index in [0.717, 1.165) is 0 Å². The van der Waals surface area contributed by atoms with E-state index in [1.165, 1.54) is 7.11 Å². The van der Waals surface area contributed by atoms with E-state index in [0.29, 0.717) is 23.5 Å². The second-order valence-electron chi connectivity index (χ2n) is 8.76. The van der Waals surface area contributed by atoms with Gasteiger partial charge in [0.05, 0.1) is 13.2 Å². The first-order valence-electron chi connectivity index (χ1n) is 11.1. The minimum atomic E-state index is -0.861. The molecule has 2 heterocycles. The highest BCUT2D eigenvalue weighted by Crippen LogP contribution is 2.35. The van der Waals surface area contributed by atoms with Crippen molar-refractivity contribution in [2.45, 2.75) is 64.3 Å². The molecule has 2 unspecified atom stereocenters. The Kier molecular flexibility index (Phi) is 8.18. The summed E-state index contributed by atoms with van der Waals surface area (Å²) < 4.78 is 33.9. The number of aliphatic hydroxyl groups excluding tert-OH is 1. The molecule has 0 saturated carbocycles. The molecule has 1 saturated heterocycles. The van der Waals surface area contributed by atoms with Crippen LogP contribution in [0.4, 0.5) is 0 Å². The monoisotopic (exact) mass is 462 g/mol. The Hall–Kier alpha value is -2.39. The molecule has 0 amide bonds. The summed E-state index contributed by atoms with van der Waals surface area (Å²) in [5.74, 6) is -0.656. The van der Waals surface area contributed by atoms with Crippen LogP contribution in [-0.2, 0) is 18.9 Å². The van der Waals surface area contributed by atoms with Crippen molar-refractivity contribution in [2.24, 2.45) is 5.92 Å². The summed E-state index contributed by atoms with van der Waals surface area (Å²) in [6.45, 7) is 7.34. The maximum Gasteiger partial charge on any atom is 0.342 e. The topological polar surface area (TPSA) is 92.7 Å². The van der Waals surface area contributed by atoms with Gasteiger partial charge in [-0.1, -0.05) is 31.2 Å². The van der Waals surface area contributed by atoms with Gasteiger partial charge >= 0.3 is 5.97 Å². The van der Waals surface area contributed by atoms with Crippen LogP contribution in [0.5, 0.6) is 11.5 Å². The molecule has 0 spiro atoms. The third kappa shape index (κ3) is 6.14. The first-order chi connectivity index (χ1) is 15.6. The van der Waals surface area contributed by atoms with E-state index in [-0.39, 0.29) is 24.4 Å². The number of cyclic esters (lactones) is 1. The third-order valence-corrected chi connectivity index (χ3v) is 5.75. The number of rotatable bonds is 4. The number of fused-ring (bicyclic) bond motifs is 2. The van der Waals surface area contributed by atoms with Crippen LogP contribution in [0.3, 0.4) is 0 Å². The number of hydrogen-bond acceptors (Lipinski definition) is 8. The smallest absolute Gasteiger partial charge is 0.342 e. The Morgan fingerprint density at radius 1 is 1.15 bits per heavy atom. The second-order valence-corrected chi connectivity index (χ2v) is 8.76. The van der Waals surface area contributed by atoms with Crippen LogP contribution in [0.15, 0.2) is 30.4 Å². The molecular weight excluding hydrogens is 428 g/mol. The fraction of sp³-hybridized carbons (Fsp3) is 0.560. The zero-order valence-corrected chi connectivity index (χ0v) is 20.1. The fourth-order valence-corrected chi connectivity index (χ4v) is 3.87. The molecule has 1 fully saturated rings. The summed E-state index contributed by atoms with van der Waals surface area (Å²) in [6.07, 6.45) is 5.44. The molecule has 0 aliphatic carbocycles. The molecule has 1 N–H and O–H groups in total. The predicted octanol–water partition coefficient (Wildman–Crippen LogP) is 3.71. The van der Waals surface area contributed by atoms with Crippen molar-refractivity contribution in [3.63, 3.8) is 0 Å². The zero-order chi connectivity index (χ0) is 24.2. The molecule has 33 heavy (non-hydrogen) atoms. The van der Waals surface area contributed by atoms with Gasteiger partial charge in [0.2, 0.25) is 0 Å². The van der Waals surface area contributed by atoms with Crippen molar-refractivity contribution in [2.75, 3.05) is 21.0 Å². The van der Waals surface area contributed by atoms with Gasteiger partial charge in [0.1, 0.15) is 35.4 Å². The lowest BCUT2D eigenvalue weighted by molar-refractivity contribution is -0.152. The summed E-state index contributed by atoms with van der Waals surface area (Å²) in [5.41, 5.74) is 0.859. The number of benzene rings is 1. The number of carbonyl (C=O) groups excluding carboxylic acids is 1. The molecule has 2 aliphatic heterocycles. The van der Waals surface area contributed by atoms with Gasteiger partial charge in [-0.3, -0.25) is 0 Å². The third-order valence-electron chi connectivity index (χ3n) is 5.75. The standard InChI is InChI=1S/C25H34O8/c1-15-10-11-19(26)23-20(32-25(3,4)33-23)9-7-8-17-12-18(29-6)13-21(30-14-28-5)22(17)24(27)31-16(15)2/h7-8,10-13,15-16,19-20,23,26H,9,14H2,1-6H3/b8-7?,11-10-/t15-,16+,19?,20+,23?/m1/s1. The van der Waals surface area contributed by atoms with Crippen LogP contribution >= 0.6 is 0 Å². The molecule has 0 aromatic heterocycles. The van der Waals surface area contributed by atoms with Crippen LogP contribution in [0, 0.1) is 5.92 Å². The van der Waals surface area contributed by atoms with E-state index < -0.39 is 30.1 Å². The maximum absolute atomic E-state index is 13.2. The van der Waals surface area contributed by atoms with E-state index in [1.54, 1.807) is 38.3 Å². The van der Waals surface area contributed by atoms with Gasteiger partial charge in [-0.2, -0.15) is 0 Å². The molecule has 1 aromatic carbocycles. The lowest BCUT2D eigenvalue weighted by atomic mass is 9.99. The highest BCUT2D eigenvalue weighted by Gasteiger charge is 2.43. The highest BCUT2D eigenvalue weighted by atomic mass is 16.8. The Labute approximate surface area is 195 Å². The van der Waals surface area contributed by atoms with Crippen LogP contribution in [0.2, 0.25) is 0 Å². The first-order valence-corrected chi connectivity index (χ1v) is 11.1. The Morgan fingerprint density at radius 3 is 2.61 bits per heavy atom. The number of hydrogen-bond donors (Lipinski definition) is 1. The van der Waals surface area contributed by atoms with Gasteiger partial charge in [-0.15, -0.1) is 0 Å². The average Bonchev–Trinajstić information content (AvgIpc) is 3.08. The molecule has 0 bridgehead atoms. The number of carbonyl (C=O) groups is 1. The highest BCUT2D eigenvalue weighted by molar-refractivity contribution is 5.97. The number of ether oxygens (including phenoxy) is 6. The quantitative estimate of drug-likeness (QED) is 0.411. The summed E-state index contributed by atoms with van der Waals surface area (Å²) in [7, 11) is 3.05. The first kappa shape index (κ1) is 25.2. The summed E-state index contributed by atoms with van der Waals surface area (Å²) >= 11 is 0. The number of aliphatic hydroxyl groups is 1. The summed E-state index contributed by atoms with van der Waals surface area (Å²) in [6, 6.07) is 3.38. The predicted molar refractivity (Wildman–Crippen MR) is 122 cm³/mol. The lowest BCUT2D eigenvalue weighted by Gasteiger charge is -2.23. The minimum absolute atomic E-state index is 0.0345. The van der Waals surface area contributed by atoms with E-state index in [9.17, 15) is 9.90 Å². The minimum Gasteiger partial charge on any atom is -0.497 e. The molecule has 182 valence electrons. The van der Waals surface area contributed by atoms with E-state index in [2.05, 4.69) is 0 Å². The van der Waals surface area contributed by atoms with Crippen molar-refractivity contribution < 1.29 is 38.3 Å². The van der Waals surface area contributed by atoms with Gasteiger partial charge in [-0.05, 0) is 38.8 Å². The van der Waals surface area contributed by atoms with Crippen molar-refractivity contribution in [1.29, 1.82) is 0 Å². The van der Waals surface area contributed by atoms with Crippen LogP contribution < -0.4 is 9.47 Å². The van der Waals surface area contributed by atoms with Gasteiger partial charge in [-0.25, -0.2) is 4.79 Å². The average molecular weight is 463 g/mol. The van der Waals surface area contributed by atoms with Crippen molar-refractivity contribution in [3.05, 3.63) is 41.5 Å². The molecule has 5 atom stereocenters. The molecule has 0 radical (unpaired) electrons. The van der Waals surface area contributed by atoms with Gasteiger partial charge in [0.15, 0.2) is 12.6 Å². The summed E-state index contributed by atoms with van der Waals surface area (Å²) in [5, 5.41) is 10.8. The Bertz CT molecular complexity index is 891. The lowest BCUT2D eigenvalue weighted by Crippen LogP contribution is -2.34. The van der Waals surface area contributed by atoms with Gasteiger partial charge in [0.25, 0.3) is 0 Å². The van der Waals surface area contributed by atoms with E-state index in [4.69, 9.17) is 28.4 Å². The van der Waals surface area contributed by atoms with Crippen LogP contribution in [-0.4, -0.2) is 62.3 Å². The van der Waals surface area contributed by atoms with E-state index >= 15 is 0 Å². The largest absolute Gasteiger partial charge is 0.497 e. The molecule has 2 aliphatic rings. The summed E-state index contributed by atoms with van der Waals surface area (Å²) in [4.78, 5) is 13.2. The normalized spacial score (nSPS) is 30.5. The van der Waals surface area contributed by atoms with Crippen LogP contribution in [0.1, 0.15) is 50.0 Å². The molecule has 8 nitrogen and oxygen atoms in total. The van der Waals surface area contributed by atoms with Crippen molar-refractivity contribution in [1.82, 2.24) is 0 Å². The number of methoxy groups -OCH3 is 2. The van der Waals surface area contributed by atoms with Gasteiger partial charge < -0.3 is 33.5 Å². The Morgan fingerprint density at radius 2 is 1.91 bits per heavy atom. The van der Waals surface area contributed by atoms with Crippen molar-refractivity contribution in [3.8, 4) is 11.5 Å². The maximum atomic E-state index is 13.2. The molecule has 1 aromatic rings. The van der Waals surface area contributed by atoms with Crippen LogP contribution in [0.25, 0.3) is 6.08 Å². The molecule has 3 rings (SSSR count). The second kappa shape index (κ2) is 10.7. The Balaban J connectivity index is 2.06.